The first-order valence-corrected chi connectivity index (χ1v) is 6.62. The van der Waals surface area contributed by atoms with Crippen molar-refractivity contribution < 1.29 is 14.3 Å². The standard InChI is InChI=1S/C15H23NO3/c1-18-11-7-6-10-16-12-14(15(17)19-2)13-8-4-3-5-9-13/h3-5,8-9,14,16H,6-7,10-12H2,1-2H3. The van der Waals surface area contributed by atoms with Crippen LogP contribution in [-0.4, -0.2) is 39.9 Å². The van der Waals surface area contributed by atoms with Crippen molar-refractivity contribution in [3.05, 3.63) is 35.9 Å². The van der Waals surface area contributed by atoms with Gasteiger partial charge in [0.2, 0.25) is 0 Å². The minimum Gasteiger partial charge on any atom is -0.469 e. The van der Waals surface area contributed by atoms with Gasteiger partial charge >= 0.3 is 5.97 Å². The van der Waals surface area contributed by atoms with Crippen molar-refractivity contribution in [1.82, 2.24) is 5.32 Å². The summed E-state index contributed by atoms with van der Waals surface area (Å²) in [6.07, 6.45) is 2.06. The number of rotatable bonds is 9. The molecule has 0 aliphatic heterocycles. The fourth-order valence-electron chi connectivity index (χ4n) is 1.91. The zero-order valence-corrected chi connectivity index (χ0v) is 11.7. The van der Waals surface area contributed by atoms with Crippen LogP contribution in [-0.2, 0) is 14.3 Å². The molecule has 0 fully saturated rings. The molecule has 1 aromatic carbocycles. The van der Waals surface area contributed by atoms with Crippen LogP contribution in [0.4, 0.5) is 0 Å². The highest BCUT2D eigenvalue weighted by Crippen LogP contribution is 2.16. The Bertz CT molecular complexity index is 354. The van der Waals surface area contributed by atoms with E-state index in [4.69, 9.17) is 9.47 Å². The quantitative estimate of drug-likeness (QED) is 0.548. The molecule has 0 saturated carbocycles. The number of ether oxygens (including phenoxy) is 2. The predicted octanol–water partition coefficient (Wildman–Crippen LogP) is 1.96. The molecule has 0 heterocycles. The average Bonchev–Trinajstić information content (AvgIpc) is 2.47. The molecule has 4 nitrogen and oxygen atoms in total. The third-order valence-electron chi connectivity index (χ3n) is 2.99. The number of unbranched alkanes of at least 4 members (excludes halogenated alkanes) is 1. The minimum absolute atomic E-state index is 0.199. The Morgan fingerprint density at radius 3 is 2.58 bits per heavy atom. The Morgan fingerprint density at radius 1 is 1.21 bits per heavy atom. The van der Waals surface area contributed by atoms with E-state index in [1.54, 1.807) is 7.11 Å². The topological polar surface area (TPSA) is 47.6 Å². The summed E-state index contributed by atoms with van der Waals surface area (Å²) in [5.41, 5.74) is 0.985. The number of hydrogen-bond acceptors (Lipinski definition) is 4. The molecule has 1 N–H and O–H groups in total. The Kier molecular flexibility index (Phi) is 7.86. The zero-order chi connectivity index (χ0) is 13.9. The first-order valence-electron chi connectivity index (χ1n) is 6.62. The molecule has 106 valence electrons. The summed E-state index contributed by atoms with van der Waals surface area (Å²) in [5, 5.41) is 3.30. The highest BCUT2D eigenvalue weighted by atomic mass is 16.5. The Hall–Kier alpha value is -1.39. The molecule has 19 heavy (non-hydrogen) atoms. The first kappa shape index (κ1) is 15.7. The van der Waals surface area contributed by atoms with Gasteiger partial charge in [-0.05, 0) is 24.9 Å². The van der Waals surface area contributed by atoms with Crippen LogP contribution in [0.25, 0.3) is 0 Å². The van der Waals surface area contributed by atoms with Gasteiger partial charge in [0.25, 0.3) is 0 Å². The molecule has 0 aromatic heterocycles. The van der Waals surface area contributed by atoms with Crippen molar-refractivity contribution >= 4 is 5.97 Å². The fourth-order valence-corrected chi connectivity index (χ4v) is 1.91. The number of esters is 1. The molecule has 1 aromatic rings. The van der Waals surface area contributed by atoms with Gasteiger partial charge in [0.15, 0.2) is 0 Å². The molecule has 1 unspecified atom stereocenters. The summed E-state index contributed by atoms with van der Waals surface area (Å²) in [6, 6.07) is 9.71. The molecule has 1 rings (SSSR count). The van der Waals surface area contributed by atoms with Crippen LogP contribution in [0.15, 0.2) is 30.3 Å². The molecule has 0 aliphatic rings. The van der Waals surface area contributed by atoms with Crippen molar-refractivity contribution in [3.8, 4) is 0 Å². The lowest BCUT2D eigenvalue weighted by Crippen LogP contribution is -2.28. The molecule has 0 bridgehead atoms. The summed E-state index contributed by atoms with van der Waals surface area (Å²) in [5.74, 6) is -0.441. The first-order chi connectivity index (χ1) is 9.29. The predicted molar refractivity (Wildman–Crippen MR) is 75.2 cm³/mol. The van der Waals surface area contributed by atoms with Gasteiger partial charge in [0.05, 0.1) is 13.0 Å². The van der Waals surface area contributed by atoms with E-state index in [1.165, 1.54) is 7.11 Å². The molecule has 4 heteroatoms. The van der Waals surface area contributed by atoms with Crippen LogP contribution in [0.2, 0.25) is 0 Å². The Morgan fingerprint density at radius 2 is 1.95 bits per heavy atom. The summed E-state index contributed by atoms with van der Waals surface area (Å²) in [4.78, 5) is 11.8. The van der Waals surface area contributed by atoms with Gasteiger partial charge in [-0.2, -0.15) is 0 Å². The summed E-state index contributed by atoms with van der Waals surface area (Å²) >= 11 is 0. The highest BCUT2D eigenvalue weighted by Gasteiger charge is 2.20. The molecular formula is C15H23NO3. The second kappa shape index (κ2) is 9.53. The molecule has 1 atom stereocenters. The van der Waals surface area contributed by atoms with Gasteiger partial charge in [-0.15, -0.1) is 0 Å². The average molecular weight is 265 g/mol. The van der Waals surface area contributed by atoms with Gasteiger partial charge in [0.1, 0.15) is 0 Å². The Labute approximate surface area is 115 Å². The van der Waals surface area contributed by atoms with E-state index in [9.17, 15) is 4.79 Å². The number of carbonyl (C=O) groups excluding carboxylic acids is 1. The lowest BCUT2D eigenvalue weighted by Gasteiger charge is -2.15. The van der Waals surface area contributed by atoms with Gasteiger partial charge in [-0.3, -0.25) is 4.79 Å². The molecule has 0 amide bonds. The van der Waals surface area contributed by atoms with Crippen molar-refractivity contribution in [3.63, 3.8) is 0 Å². The van der Waals surface area contributed by atoms with Crippen molar-refractivity contribution in [2.75, 3.05) is 33.9 Å². The van der Waals surface area contributed by atoms with Crippen LogP contribution < -0.4 is 5.32 Å². The lowest BCUT2D eigenvalue weighted by atomic mass is 9.99. The maximum Gasteiger partial charge on any atom is 0.314 e. The Balaban J connectivity index is 2.41. The molecular weight excluding hydrogens is 242 g/mol. The van der Waals surface area contributed by atoms with Gasteiger partial charge < -0.3 is 14.8 Å². The van der Waals surface area contributed by atoms with E-state index in [0.717, 1.165) is 31.6 Å². The van der Waals surface area contributed by atoms with Crippen molar-refractivity contribution in [2.24, 2.45) is 0 Å². The number of methoxy groups -OCH3 is 2. The van der Waals surface area contributed by atoms with Crippen molar-refractivity contribution in [2.45, 2.75) is 18.8 Å². The van der Waals surface area contributed by atoms with Crippen LogP contribution in [0.5, 0.6) is 0 Å². The van der Waals surface area contributed by atoms with Gasteiger partial charge in [-0.25, -0.2) is 0 Å². The number of carbonyl (C=O) groups is 1. The fraction of sp³-hybridized carbons (Fsp3) is 0.533. The third-order valence-corrected chi connectivity index (χ3v) is 2.99. The van der Waals surface area contributed by atoms with E-state index in [1.807, 2.05) is 30.3 Å². The summed E-state index contributed by atoms with van der Waals surface area (Å²) in [7, 11) is 3.13. The van der Waals surface area contributed by atoms with Crippen molar-refractivity contribution in [1.29, 1.82) is 0 Å². The van der Waals surface area contributed by atoms with Crippen LogP contribution in [0.1, 0.15) is 24.3 Å². The minimum atomic E-state index is -0.242. The summed E-state index contributed by atoms with van der Waals surface area (Å²) < 4.78 is 9.86. The highest BCUT2D eigenvalue weighted by molar-refractivity contribution is 5.78. The monoisotopic (exact) mass is 265 g/mol. The number of nitrogens with one attached hydrogen (secondary N) is 1. The zero-order valence-electron chi connectivity index (χ0n) is 11.7. The SMILES string of the molecule is COCCCCNCC(C(=O)OC)c1ccccc1. The molecule has 0 saturated heterocycles. The van der Waals surface area contributed by atoms with E-state index >= 15 is 0 Å². The van der Waals surface area contributed by atoms with Gasteiger partial charge in [-0.1, -0.05) is 30.3 Å². The maximum atomic E-state index is 11.8. The lowest BCUT2D eigenvalue weighted by molar-refractivity contribution is -0.142. The largest absolute Gasteiger partial charge is 0.469 e. The van der Waals surface area contributed by atoms with E-state index in [0.29, 0.717) is 6.54 Å². The number of benzene rings is 1. The van der Waals surface area contributed by atoms with Crippen LogP contribution in [0, 0.1) is 0 Å². The second-order valence-corrected chi connectivity index (χ2v) is 4.39. The van der Waals surface area contributed by atoms with Crippen LogP contribution in [0.3, 0.4) is 0 Å². The third kappa shape index (κ3) is 5.85. The van der Waals surface area contributed by atoms with E-state index in [-0.39, 0.29) is 11.9 Å². The molecule has 0 aliphatic carbocycles. The van der Waals surface area contributed by atoms with E-state index < -0.39 is 0 Å². The normalized spacial score (nSPS) is 12.1. The summed E-state index contributed by atoms with van der Waals surface area (Å²) in [6.45, 7) is 2.26. The maximum absolute atomic E-state index is 11.8. The smallest absolute Gasteiger partial charge is 0.314 e. The molecule has 0 radical (unpaired) electrons. The van der Waals surface area contributed by atoms with Gasteiger partial charge in [0, 0.05) is 20.3 Å². The second-order valence-electron chi connectivity index (χ2n) is 4.39. The number of hydrogen-bond donors (Lipinski definition) is 1. The van der Waals surface area contributed by atoms with Crippen LogP contribution >= 0.6 is 0 Å². The molecule has 0 spiro atoms. The van der Waals surface area contributed by atoms with E-state index in [2.05, 4.69) is 5.32 Å².